The Hall–Kier alpha value is -2.25. The number of carbonyl (C=O) groups excluding carboxylic acids is 1. The topological polar surface area (TPSA) is 165 Å². The maximum atomic E-state index is 11.4. The molecule has 0 saturated carbocycles. The van der Waals surface area contributed by atoms with Gasteiger partial charge in [-0.2, -0.15) is 0 Å². The molecule has 13 heteroatoms. The number of aromatic nitrogens is 4. The van der Waals surface area contributed by atoms with E-state index in [1.54, 1.807) is 13.8 Å². The highest BCUT2D eigenvalue weighted by molar-refractivity contribution is 5.85. The molecule has 1 aliphatic heterocycles. The number of carbonyl (C=O) groups is 1. The SMILES string of the molecule is CC(C)C(=O)OCOn1cnc2c(ncn2[C@@H]2O[C@H](CO)[C@@H](O)[C@H]2O)c1=N.Cl. The summed E-state index contributed by atoms with van der Waals surface area (Å²) in [7, 11) is 0. The summed E-state index contributed by atoms with van der Waals surface area (Å²) in [6, 6.07) is 0. The Morgan fingerprint density at radius 1 is 1.32 bits per heavy atom. The molecule has 3 rings (SSSR count). The third kappa shape index (κ3) is 3.95. The van der Waals surface area contributed by atoms with Crippen LogP contribution >= 0.6 is 12.4 Å². The number of nitrogens with zero attached hydrogens (tertiary/aromatic N) is 4. The van der Waals surface area contributed by atoms with E-state index in [2.05, 4.69) is 9.97 Å². The van der Waals surface area contributed by atoms with Crippen molar-refractivity contribution in [3.63, 3.8) is 0 Å². The van der Waals surface area contributed by atoms with Crippen LogP contribution in [0.5, 0.6) is 0 Å². The van der Waals surface area contributed by atoms with Crippen molar-refractivity contribution in [3.8, 4) is 0 Å². The molecule has 2 aromatic heterocycles. The molecule has 156 valence electrons. The number of ether oxygens (including phenoxy) is 2. The van der Waals surface area contributed by atoms with Gasteiger partial charge >= 0.3 is 5.97 Å². The van der Waals surface area contributed by atoms with Crippen molar-refractivity contribution >= 4 is 29.5 Å². The Morgan fingerprint density at radius 3 is 2.64 bits per heavy atom. The van der Waals surface area contributed by atoms with E-state index in [1.807, 2.05) is 0 Å². The lowest BCUT2D eigenvalue weighted by molar-refractivity contribution is -0.160. The van der Waals surface area contributed by atoms with E-state index in [-0.39, 0.29) is 35.0 Å². The van der Waals surface area contributed by atoms with Crippen LogP contribution < -0.4 is 10.3 Å². The Balaban J connectivity index is 0.00000280. The molecule has 0 aliphatic carbocycles. The first-order valence-electron chi connectivity index (χ1n) is 8.26. The van der Waals surface area contributed by atoms with Crippen molar-refractivity contribution in [2.45, 2.75) is 38.4 Å². The van der Waals surface area contributed by atoms with E-state index < -0.39 is 43.9 Å². The summed E-state index contributed by atoms with van der Waals surface area (Å²) in [5.41, 5.74) is 0.199. The van der Waals surface area contributed by atoms with Crippen LogP contribution in [0.2, 0.25) is 0 Å². The smallest absolute Gasteiger partial charge is 0.311 e. The molecule has 4 atom stereocenters. The number of rotatable bonds is 6. The second-order valence-electron chi connectivity index (χ2n) is 6.34. The second kappa shape index (κ2) is 8.84. The summed E-state index contributed by atoms with van der Waals surface area (Å²) >= 11 is 0. The number of nitrogens with one attached hydrogen (secondary N) is 1. The maximum absolute atomic E-state index is 11.4. The van der Waals surface area contributed by atoms with E-state index in [9.17, 15) is 20.1 Å². The van der Waals surface area contributed by atoms with E-state index >= 15 is 0 Å². The average molecular weight is 420 g/mol. The van der Waals surface area contributed by atoms with Crippen LogP contribution in [0.25, 0.3) is 11.2 Å². The predicted octanol–water partition coefficient (Wildman–Crippen LogP) is -1.67. The highest BCUT2D eigenvalue weighted by Gasteiger charge is 2.44. The summed E-state index contributed by atoms with van der Waals surface area (Å²) in [5.74, 6) is -0.744. The van der Waals surface area contributed by atoms with Crippen LogP contribution in [-0.4, -0.2) is 72.3 Å². The van der Waals surface area contributed by atoms with Gasteiger partial charge in [0.15, 0.2) is 22.9 Å². The molecular weight excluding hydrogens is 398 g/mol. The standard InChI is InChI=1S/C15H21N5O7.ClH/c1-7(2)15(24)25-6-26-20-5-18-13-9(12(20)16)17-4-19(13)14-11(23)10(22)8(3-21)27-14;/h4-5,7-8,10-11,14,16,21-23H,3,6H2,1-2H3;1H/t8-,10-,11-,14-;/m1./s1. The molecule has 1 aliphatic rings. The number of aliphatic hydroxyl groups excluding tert-OH is 3. The normalized spacial score (nSPS) is 24.4. The van der Waals surface area contributed by atoms with Crippen LogP contribution in [0.4, 0.5) is 0 Å². The van der Waals surface area contributed by atoms with Gasteiger partial charge in [-0.3, -0.25) is 14.8 Å². The van der Waals surface area contributed by atoms with Crippen molar-refractivity contribution in [3.05, 3.63) is 18.1 Å². The van der Waals surface area contributed by atoms with Gasteiger partial charge in [-0.05, 0) is 0 Å². The zero-order valence-corrected chi connectivity index (χ0v) is 15.9. The fourth-order valence-electron chi connectivity index (χ4n) is 2.62. The predicted molar refractivity (Wildman–Crippen MR) is 94.0 cm³/mol. The Bertz CT molecular complexity index is 885. The lowest BCUT2D eigenvalue weighted by atomic mass is 10.1. The molecule has 28 heavy (non-hydrogen) atoms. The zero-order chi connectivity index (χ0) is 19.7. The third-order valence-electron chi connectivity index (χ3n) is 4.15. The van der Waals surface area contributed by atoms with E-state index in [1.165, 1.54) is 17.2 Å². The highest BCUT2D eigenvalue weighted by Crippen LogP contribution is 2.30. The first kappa shape index (κ1) is 22.0. The summed E-state index contributed by atoms with van der Waals surface area (Å²) in [6.07, 6.45) is -2.02. The van der Waals surface area contributed by atoms with Crippen molar-refractivity contribution in [2.75, 3.05) is 13.4 Å². The number of halogens is 1. The minimum Gasteiger partial charge on any atom is -0.426 e. The maximum Gasteiger partial charge on any atom is 0.311 e. The first-order valence-corrected chi connectivity index (χ1v) is 8.26. The van der Waals surface area contributed by atoms with Crippen molar-refractivity contribution < 1.29 is 34.4 Å². The van der Waals surface area contributed by atoms with E-state index in [4.69, 9.17) is 19.7 Å². The number of fused-ring (bicyclic) bond motifs is 1. The van der Waals surface area contributed by atoms with Gasteiger partial charge in [0.2, 0.25) is 0 Å². The monoisotopic (exact) mass is 419 g/mol. The summed E-state index contributed by atoms with van der Waals surface area (Å²) in [4.78, 5) is 24.8. The van der Waals surface area contributed by atoms with Gasteiger partial charge in [-0.15, -0.1) is 17.1 Å². The van der Waals surface area contributed by atoms with E-state index in [0.717, 1.165) is 4.73 Å². The third-order valence-corrected chi connectivity index (χ3v) is 4.15. The molecule has 2 aromatic rings. The number of hydrogen-bond donors (Lipinski definition) is 4. The molecule has 0 radical (unpaired) electrons. The number of hydrogen-bond acceptors (Lipinski definition) is 10. The molecule has 0 bridgehead atoms. The first-order chi connectivity index (χ1) is 12.8. The number of esters is 1. The van der Waals surface area contributed by atoms with Gasteiger partial charge in [-0.25, -0.2) is 9.97 Å². The van der Waals surface area contributed by atoms with Crippen molar-refractivity contribution in [2.24, 2.45) is 5.92 Å². The molecule has 0 spiro atoms. The molecule has 0 amide bonds. The molecule has 0 aromatic carbocycles. The minimum absolute atomic E-state index is 0. The summed E-state index contributed by atoms with van der Waals surface area (Å²) in [5, 5.41) is 37.4. The van der Waals surface area contributed by atoms with Crippen molar-refractivity contribution in [1.29, 1.82) is 5.41 Å². The summed E-state index contributed by atoms with van der Waals surface area (Å²) in [6.45, 7) is 2.52. The highest BCUT2D eigenvalue weighted by atomic mass is 35.5. The minimum atomic E-state index is -1.30. The Labute approximate surface area is 165 Å². The molecule has 1 saturated heterocycles. The molecule has 0 unspecified atom stereocenters. The largest absolute Gasteiger partial charge is 0.426 e. The Morgan fingerprint density at radius 2 is 2.04 bits per heavy atom. The fourth-order valence-corrected chi connectivity index (χ4v) is 2.62. The molecular formula is C15H22ClN5O7. The van der Waals surface area contributed by atoms with Gasteiger partial charge in [0.25, 0.3) is 6.79 Å². The average Bonchev–Trinajstić information content (AvgIpc) is 3.19. The molecule has 3 heterocycles. The lowest BCUT2D eigenvalue weighted by Crippen LogP contribution is -2.33. The summed E-state index contributed by atoms with van der Waals surface area (Å²) < 4.78 is 12.7. The number of aliphatic hydroxyl groups is 3. The van der Waals surface area contributed by atoms with Crippen molar-refractivity contribution in [1.82, 2.24) is 19.3 Å². The van der Waals surface area contributed by atoms with Crippen LogP contribution in [0.15, 0.2) is 12.7 Å². The second-order valence-corrected chi connectivity index (χ2v) is 6.34. The van der Waals surface area contributed by atoms with Gasteiger partial charge in [0, 0.05) is 0 Å². The zero-order valence-electron chi connectivity index (χ0n) is 15.1. The van der Waals surface area contributed by atoms with Gasteiger partial charge in [0.05, 0.1) is 18.9 Å². The van der Waals surface area contributed by atoms with Gasteiger partial charge in [-0.1, -0.05) is 13.8 Å². The van der Waals surface area contributed by atoms with Crippen LogP contribution in [-0.2, 0) is 14.3 Å². The molecule has 12 nitrogen and oxygen atoms in total. The van der Waals surface area contributed by atoms with Crippen LogP contribution in [0, 0.1) is 11.3 Å². The quantitative estimate of drug-likeness (QED) is 0.316. The van der Waals surface area contributed by atoms with Crippen LogP contribution in [0.1, 0.15) is 20.1 Å². The van der Waals surface area contributed by atoms with Gasteiger partial charge in [0.1, 0.15) is 24.6 Å². The van der Waals surface area contributed by atoms with Gasteiger partial charge < -0.3 is 29.6 Å². The number of imidazole rings is 1. The molecule has 4 N–H and O–H groups in total. The fraction of sp³-hybridized carbons (Fsp3) is 0.600. The van der Waals surface area contributed by atoms with E-state index in [0.29, 0.717) is 0 Å². The lowest BCUT2D eigenvalue weighted by Gasteiger charge is -2.16. The molecule has 1 fully saturated rings. The van der Waals surface area contributed by atoms with Crippen LogP contribution in [0.3, 0.4) is 0 Å². The Kier molecular flexibility index (Phi) is 6.96.